The fourth-order valence-electron chi connectivity index (χ4n) is 9.48. The molecule has 10 nitrogen and oxygen atoms in total. The first-order valence-electron chi connectivity index (χ1n) is 19.1. The fraction of sp³-hybridized carbons (Fsp3) is 0.191. The highest BCUT2D eigenvalue weighted by atomic mass is 79.9. The van der Waals surface area contributed by atoms with Crippen molar-refractivity contribution in [1.29, 1.82) is 0 Å². The van der Waals surface area contributed by atoms with E-state index < -0.39 is 53.2 Å². The predicted molar refractivity (Wildman–Crippen MR) is 225 cm³/mol. The number of allylic oxidation sites excluding steroid dienone is 2. The van der Waals surface area contributed by atoms with Gasteiger partial charge in [-0.25, -0.2) is 0 Å². The molecule has 2 aliphatic heterocycles. The molecule has 59 heavy (non-hydrogen) atoms. The number of anilines is 2. The molecule has 1 saturated carbocycles. The van der Waals surface area contributed by atoms with Gasteiger partial charge >= 0.3 is 0 Å². The lowest BCUT2D eigenvalue weighted by Crippen LogP contribution is -2.43. The number of rotatable bonds is 8. The molecule has 6 unspecified atom stereocenters. The first-order valence-corrected chi connectivity index (χ1v) is 20.7. The van der Waals surface area contributed by atoms with Gasteiger partial charge in [-0.15, -0.1) is 0 Å². The molecule has 0 bridgehead atoms. The number of phenolic OH excluding ortho intramolecular Hbond substituents is 1. The standard InChI is InChI=1S/C47H34Br2N2O8/c1-59-35-23-33(39(48)40(49)43(35)54)36-30-20-21-31-37(46(57)50(44(31)55)28-16-12-26(13-17-28)41(52)24-8-4-2-5-9-24)32(30)22-34-38(36)47(58)51(45(34)56)29-18-14-27(15-19-29)42(53)25-10-6-3-7-11-25/h2-20,23,31-32,34,36-38,54H,21-22H2,1H3. The molecule has 5 aromatic carbocycles. The van der Waals surface area contributed by atoms with E-state index in [9.17, 15) is 33.9 Å². The minimum atomic E-state index is -0.900. The van der Waals surface area contributed by atoms with Gasteiger partial charge in [0.2, 0.25) is 23.6 Å². The molecule has 1 N–H and O–H groups in total. The second kappa shape index (κ2) is 15.0. The number of phenols is 1. The van der Waals surface area contributed by atoms with Gasteiger partial charge in [0.15, 0.2) is 23.1 Å². The summed E-state index contributed by atoms with van der Waals surface area (Å²) in [6.45, 7) is 0. The minimum absolute atomic E-state index is 0.142. The molecule has 0 radical (unpaired) electrons. The molecule has 5 aromatic rings. The molecule has 2 heterocycles. The van der Waals surface area contributed by atoms with Crippen molar-refractivity contribution < 1.29 is 38.6 Å². The van der Waals surface area contributed by atoms with Crippen molar-refractivity contribution in [1.82, 2.24) is 0 Å². The Bertz CT molecular complexity index is 2630. The van der Waals surface area contributed by atoms with E-state index in [1.165, 1.54) is 16.9 Å². The number of nitrogens with zero attached hydrogens (tertiary/aromatic N) is 2. The third-order valence-electron chi connectivity index (χ3n) is 12.2. The van der Waals surface area contributed by atoms with E-state index in [-0.39, 0.29) is 41.8 Å². The van der Waals surface area contributed by atoms with E-state index in [1.54, 1.807) is 103 Å². The number of hydrogen-bond acceptors (Lipinski definition) is 8. The van der Waals surface area contributed by atoms with Crippen LogP contribution in [0.5, 0.6) is 11.5 Å². The zero-order valence-corrected chi connectivity index (χ0v) is 34.6. The van der Waals surface area contributed by atoms with Gasteiger partial charge in [0.1, 0.15) is 0 Å². The molecule has 0 spiro atoms. The van der Waals surface area contributed by atoms with Crippen LogP contribution in [0.3, 0.4) is 0 Å². The Kier molecular flexibility index (Phi) is 9.80. The SMILES string of the molecule is COc1cc(C2C3=CCC4C(=O)N(c5ccc(C(=O)c6ccccc6)cc5)C(=O)C4C3CC3C(=O)N(c4ccc(C(=O)c5ccccc5)cc4)C(=O)C32)c(Br)c(Br)c1O. The number of carbonyl (C=O) groups is 6. The summed E-state index contributed by atoms with van der Waals surface area (Å²) in [5, 5.41) is 10.9. The van der Waals surface area contributed by atoms with Gasteiger partial charge in [-0.2, -0.15) is 0 Å². The Hall–Kier alpha value is -5.98. The van der Waals surface area contributed by atoms with Gasteiger partial charge in [0.05, 0.1) is 46.6 Å². The number of carbonyl (C=O) groups excluding carboxylic acids is 6. The topological polar surface area (TPSA) is 138 Å². The summed E-state index contributed by atoms with van der Waals surface area (Å²) in [6.07, 6.45) is 2.31. The summed E-state index contributed by atoms with van der Waals surface area (Å²) >= 11 is 7.11. The summed E-state index contributed by atoms with van der Waals surface area (Å²) in [6, 6.07) is 32.0. The number of imide groups is 2. The fourth-order valence-corrected chi connectivity index (χ4v) is 10.4. The number of benzene rings is 5. The third-order valence-corrected chi connectivity index (χ3v) is 14.4. The summed E-state index contributed by atoms with van der Waals surface area (Å²) in [4.78, 5) is 86.9. The summed E-state index contributed by atoms with van der Waals surface area (Å²) in [5.41, 5.74) is 3.80. The summed E-state index contributed by atoms with van der Waals surface area (Å²) < 4.78 is 6.28. The highest BCUT2D eigenvalue weighted by molar-refractivity contribution is 9.13. The molecule has 4 aliphatic rings. The van der Waals surface area contributed by atoms with Crippen molar-refractivity contribution in [2.75, 3.05) is 16.9 Å². The molecular formula is C47H34Br2N2O8. The van der Waals surface area contributed by atoms with Crippen molar-refractivity contribution in [2.45, 2.75) is 18.8 Å². The Morgan fingerprint density at radius 1 is 0.610 bits per heavy atom. The lowest BCUT2D eigenvalue weighted by molar-refractivity contribution is -0.126. The van der Waals surface area contributed by atoms with Crippen LogP contribution >= 0.6 is 31.9 Å². The van der Waals surface area contributed by atoms with E-state index in [4.69, 9.17) is 4.74 Å². The molecule has 6 atom stereocenters. The molecule has 3 fully saturated rings. The molecule has 2 saturated heterocycles. The van der Waals surface area contributed by atoms with Crippen molar-refractivity contribution in [3.63, 3.8) is 0 Å². The van der Waals surface area contributed by atoms with Crippen LogP contribution in [0.2, 0.25) is 0 Å². The maximum absolute atomic E-state index is 14.8. The van der Waals surface area contributed by atoms with Crippen molar-refractivity contribution in [3.8, 4) is 11.5 Å². The third kappa shape index (κ3) is 6.19. The van der Waals surface area contributed by atoms with Crippen LogP contribution < -0.4 is 14.5 Å². The Morgan fingerprint density at radius 3 is 1.59 bits per heavy atom. The normalized spacial score (nSPS) is 23.4. The van der Waals surface area contributed by atoms with Gasteiger partial charge < -0.3 is 9.84 Å². The second-order valence-corrected chi connectivity index (χ2v) is 16.8. The highest BCUT2D eigenvalue weighted by Crippen LogP contribution is 2.60. The number of hydrogen-bond donors (Lipinski definition) is 1. The molecule has 12 heteroatoms. The monoisotopic (exact) mass is 912 g/mol. The van der Waals surface area contributed by atoms with Crippen molar-refractivity contribution in [2.24, 2.45) is 29.6 Å². The van der Waals surface area contributed by atoms with Crippen LogP contribution in [0.25, 0.3) is 0 Å². The predicted octanol–water partition coefficient (Wildman–Crippen LogP) is 8.43. The lowest BCUT2D eigenvalue weighted by Gasteiger charge is -2.44. The Balaban J connectivity index is 1.08. The number of fused-ring (bicyclic) bond motifs is 4. The van der Waals surface area contributed by atoms with Crippen LogP contribution in [0, 0.1) is 29.6 Å². The summed E-state index contributed by atoms with van der Waals surface area (Å²) in [7, 11) is 1.41. The van der Waals surface area contributed by atoms with Gasteiger partial charge in [-0.1, -0.05) is 72.3 Å². The average Bonchev–Trinajstić information content (AvgIpc) is 3.68. The lowest BCUT2D eigenvalue weighted by atomic mass is 9.57. The maximum Gasteiger partial charge on any atom is 0.238 e. The number of amides is 4. The van der Waals surface area contributed by atoms with E-state index in [0.717, 1.165) is 5.57 Å². The van der Waals surface area contributed by atoms with Gasteiger partial charge in [-0.3, -0.25) is 38.6 Å². The quantitative estimate of drug-likeness (QED) is 0.0931. The average molecular weight is 915 g/mol. The summed E-state index contributed by atoms with van der Waals surface area (Å²) in [5.74, 6) is -6.71. The highest BCUT2D eigenvalue weighted by Gasteiger charge is 2.62. The van der Waals surface area contributed by atoms with Crippen LogP contribution in [-0.4, -0.2) is 47.4 Å². The first-order chi connectivity index (χ1) is 28.5. The molecular weight excluding hydrogens is 880 g/mol. The number of aromatic hydroxyl groups is 1. The van der Waals surface area contributed by atoms with Crippen molar-refractivity contribution in [3.05, 3.63) is 164 Å². The zero-order valence-electron chi connectivity index (χ0n) is 31.4. The van der Waals surface area contributed by atoms with Crippen LogP contribution in [0.1, 0.15) is 56.2 Å². The molecule has 9 rings (SSSR count). The zero-order chi connectivity index (χ0) is 41.3. The van der Waals surface area contributed by atoms with Gasteiger partial charge in [-0.05, 0) is 111 Å². The smallest absolute Gasteiger partial charge is 0.238 e. The number of ether oxygens (including phenoxy) is 1. The second-order valence-electron chi connectivity index (χ2n) is 15.2. The first kappa shape index (κ1) is 38.5. The number of methoxy groups -OCH3 is 1. The van der Waals surface area contributed by atoms with Crippen LogP contribution in [0.4, 0.5) is 11.4 Å². The van der Waals surface area contributed by atoms with Gasteiger partial charge in [0.25, 0.3) is 0 Å². The van der Waals surface area contributed by atoms with Gasteiger partial charge in [0, 0.05) is 32.6 Å². The van der Waals surface area contributed by atoms with E-state index in [1.807, 2.05) is 18.2 Å². The molecule has 4 amide bonds. The van der Waals surface area contributed by atoms with Crippen LogP contribution in [-0.2, 0) is 19.2 Å². The van der Waals surface area contributed by atoms with Crippen molar-refractivity contribution >= 4 is 78.4 Å². The minimum Gasteiger partial charge on any atom is -0.503 e. The number of ketones is 2. The van der Waals surface area contributed by atoms with E-state index in [0.29, 0.717) is 48.1 Å². The largest absolute Gasteiger partial charge is 0.503 e. The Morgan fingerprint density at radius 2 is 1.08 bits per heavy atom. The van der Waals surface area contributed by atoms with Crippen LogP contribution in [0.15, 0.2) is 136 Å². The van der Waals surface area contributed by atoms with E-state index >= 15 is 0 Å². The maximum atomic E-state index is 14.8. The molecule has 2 aliphatic carbocycles. The van der Waals surface area contributed by atoms with E-state index in [2.05, 4.69) is 31.9 Å². The molecule has 294 valence electrons. The number of halogens is 2. The molecule has 0 aromatic heterocycles. The Labute approximate surface area is 355 Å².